The van der Waals surface area contributed by atoms with Crippen LogP contribution in [0.3, 0.4) is 0 Å². The summed E-state index contributed by atoms with van der Waals surface area (Å²) in [5, 5.41) is 0. The summed E-state index contributed by atoms with van der Waals surface area (Å²) in [6.45, 7) is 2.04. The smallest absolute Gasteiger partial charge is 0.254 e. The van der Waals surface area contributed by atoms with E-state index in [4.69, 9.17) is 4.74 Å². The zero-order chi connectivity index (χ0) is 23.3. The molecule has 3 aromatic carbocycles. The monoisotopic (exact) mass is 456 g/mol. The maximum absolute atomic E-state index is 14.0. The minimum absolute atomic E-state index is 0.00581. The van der Waals surface area contributed by atoms with Crippen LogP contribution in [0.25, 0.3) is 0 Å². The van der Waals surface area contributed by atoms with Crippen LogP contribution in [0.1, 0.15) is 27.0 Å². The Kier molecular flexibility index (Phi) is 7.27. The lowest BCUT2D eigenvalue weighted by molar-refractivity contribution is 0.0784. The first-order valence-electron chi connectivity index (χ1n) is 9.93. The molecule has 0 bridgehead atoms. The number of nitrogens with one attached hydrogen (secondary N) is 1. The molecule has 0 fully saturated rings. The molecule has 0 aliphatic carbocycles. The number of halogens is 1. The molecule has 3 aromatic rings. The molecule has 0 saturated heterocycles. The number of rotatable bonds is 8. The summed E-state index contributed by atoms with van der Waals surface area (Å²) < 4.78 is 47.0. The molecule has 0 spiro atoms. The van der Waals surface area contributed by atoms with Gasteiger partial charge in [-0.1, -0.05) is 42.5 Å². The van der Waals surface area contributed by atoms with Crippen LogP contribution in [-0.2, 0) is 23.1 Å². The summed E-state index contributed by atoms with van der Waals surface area (Å²) in [6, 6.07) is 18.1. The van der Waals surface area contributed by atoms with Gasteiger partial charge in [0.1, 0.15) is 0 Å². The van der Waals surface area contributed by atoms with E-state index in [1.165, 1.54) is 36.3 Å². The first-order chi connectivity index (χ1) is 15.2. The van der Waals surface area contributed by atoms with Crippen molar-refractivity contribution >= 4 is 15.9 Å². The van der Waals surface area contributed by atoms with Crippen molar-refractivity contribution in [2.75, 3.05) is 14.2 Å². The van der Waals surface area contributed by atoms with Crippen molar-refractivity contribution < 1.29 is 22.3 Å². The Labute approximate surface area is 187 Å². The number of amides is 1. The van der Waals surface area contributed by atoms with Crippen molar-refractivity contribution in [3.63, 3.8) is 0 Å². The van der Waals surface area contributed by atoms with E-state index >= 15 is 0 Å². The molecule has 32 heavy (non-hydrogen) atoms. The molecule has 0 radical (unpaired) electrons. The maximum Gasteiger partial charge on any atom is 0.254 e. The molecule has 0 aliphatic rings. The SMILES string of the molecule is COc1ccc(CN(C)C(=O)c2cc(S(=O)(=O)NCc3ccccc3)ccc2C)cc1F. The van der Waals surface area contributed by atoms with Gasteiger partial charge in [-0.05, 0) is 47.9 Å². The van der Waals surface area contributed by atoms with Gasteiger partial charge >= 0.3 is 0 Å². The zero-order valence-corrected chi connectivity index (χ0v) is 18.9. The number of hydrogen-bond donors (Lipinski definition) is 1. The quantitative estimate of drug-likeness (QED) is 0.558. The average Bonchev–Trinajstić information content (AvgIpc) is 2.78. The van der Waals surface area contributed by atoms with Gasteiger partial charge < -0.3 is 9.64 Å². The Morgan fingerprint density at radius 2 is 1.75 bits per heavy atom. The minimum Gasteiger partial charge on any atom is -0.494 e. The highest BCUT2D eigenvalue weighted by Gasteiger charge is 2.20. The minimum atomic E-state index is -3.81. The summed E-state index contributed by atoms with van der Waals surface area (Å²) in [7, 11) is -0.850. The summed E-state index contributed by atoms with van der Waals surface area (Å²) >= 11 is 0. The molecule has 1 amide bonds. The van der Waals surface area contributed by atoms with Crippen molar-refractivity contribution in [3.05, 3.63) is 94.8 Å². The molecule has 0 unspecified atom stereocenters. The van der Waals surface area contributed by atoms with E-state index in [2.05, 4.69) is 4.72 Å². The summed E-state index contributed by atoms with van der Waals surface area (Å²) in [6.07, 6.45) is 0. The number of hydrogen-bond acceptors (Lipinski definition) is 4. The maximum atomic E-state index is 14.0. The van der Waals surface area contributed by atoms with E-state index in [1.807, 2.05) is 30.3 Å². The van der Waals surface area contributed by atoms with Crippen molar-refractivity contribution in [2.45, 2.75) is 24.9 Å². The van der Waals surface area contributed by atoms with E-state index in [-0.39, 0.29) is 35.2 Å². The Bertz CT molecular complexity index is 1210. The predicted molar refractivity (Wildman–Crippen MR) is 120 cm³/mol. The molecule has 0 saturated carbocycles. The van der Waals surface area contributed by atoms with E-state index in [0.29, 0.717) is 11.1 Å². The first-order valence-corrected chi connectivity index (χ1v) is 11.4. The van der Waals surface area contributed by atoms with Gasteiger partial charge in [-0.25, -0.2) is 17.5 Å². The van der Waals surface area contributed by atoms with Crippen LogP contribution in [0.5, 0.6) is 5.75 Å². The molecule has 1 N–H and O–H groups in total. The molecule has 0 aromatic heterocycles. The highest BCUT2D eigenvalue weighted by atomic mass is 32.2. The third kappa shape index (κ3) is 5.52. The molecule has 3 rings (SSSR count). The van der Waals surface area contributed by atoms with Gasteiger partial charge in [-0.15, -0.1) is 0 Å². The number of carbonyl (C=O) groups is 1. The van der Waals surface area contributed by atoms with Crippen molar-refractivity contribution in [1.29, 1.82) is 0 Å². The topological polar surface area (TPSA) is 75.7 Å². The molecule has 168 valence electrons. The van der Waals surface area contributed by atoms with E-state index in [0.717, 1.165) is 5.56 Å². The first kappa shape index (κ1) is 23.4. The Morgan fingerprint density at radius 3 is 2.41 bits per heavy atom. The van der Waals surface area contributed by atoms with E-state index < -0.39 is 15.8 Å². The molecule has 0 atom stereocenters. The Morgan fingerprint density at radius 1 is 1.03 bits per heavy atom. The van der Waals surface area contributed by atoms with Gasteiger partial charge in [0.2, 0.25) is 10.0 Å². The van der Waals surface area contributed by atoms with Crippen LogP contribution in [-0.4, -0.2) is 33.4 Å². The van der Waals surface area contributed by atoms with Crippen LogP contribution in [0, 0.1) is 12.7 Å². The standard InChI is InChI=1S/C24H25FN2O4S/c1-17-9-11-20(32(29,30)26-15-18-7-5-4-6-8-18)14-21(17)24(28)27(2)16-19-10-12-23(31-3)22(25)13-19/h4-14,26H,15-16H2,1-3H3. The van der Waals surface area contributed by atoms with Crippen molar-refractivity contribution in [1.82, 2.24) is 9.62 Å². The van der Waals surface area contributed by atoms with Crippen molar-refractivity contribution in [3.8, 4) is 5.75 Å². The highest BCUT2D eigenvalue weighted by Crippen LogP contribution is 2.21. The molecular weight excluding hydrogens is 431 g/mol. The fraction of sp³-hybridized carbons (Fsp3) is 0.208. The average molecular weight is 457 g/mol. The van der Waals surface area contributed by atoms with E-state index in [9.17, 15) is 17.6 Å². The van der Waals surface area contributed by atoms with Gasteiger partial charge in [0.05, 0.1) is 12.0 Å². The fourth-order valence-corrected chi connectivity index (χ4v) is 4.26. The van der Waals surface area contributed by atoms with Crippen LogP contribution in [0.4, 0.5) is 4.39 Å². The second-order valence-electron chi connectivity index (χ2n) is 7.42. The Hall–Kier alpha value is -3.23. The molecular formula is C24H25FN2O4S. The molecule has 0 heterocycles. The van der Waals surface area contributed by atoms with Crippen LogP contribution in [0.15, 0.2) is 71.6 Å². The van der Waals surface area contributed by atoms with Crippen LogP contribution in [0.2, 0.25) is 0 Å². The second-order valence-corrected chi connectivity index (χ2v) is 9.18. The number of nitrogens with zero attached hydrogens (tertiary/aromatic N) is 1. The molecule has 0 aliphatic heterocycles. The summed E-state index contributed by atoms with van der Waals surface area (Å²) in [4.78, 5) is 14.4. The number of sulfonamides is 1. The van der Waals surface area contributed by atoms with Crippen LogP contribution >= 0.6 is 0 Å². The van der Waals surface area contributed by atoms with Gasteiger partial charge in [0, 0.05) is 25.7 Å². The van der Waals surface area contributed by atoms with Crippen molar-refractivity contribution in [2.24, 2.45) is 0 Å². The van der Waals surface area contributed by atoms with Gasteiger partial charge in [-0.3, -0.25) is 4.79 Å². The lowest BCUT2D eigenvalue weighted by Gasteiger charge is -2.19. The normalized spacial score (nSPS) is 11.2. The fourth-order valence-electron chi connectivity index (χ4n) is 3.22. The van der Waals surface area contributed by atoms with E-state index in [1.54, 1.807) is 26.1 Å². The van der Waals surface area contributed by atoms with Crippen LogP contribution < -0.4 is 9.46 Å². The number of ether oxygens (including phenoxy) is 1. The third-order valence-corrected chi connectivity index (χ3v) is 6.44. The van der Waals surface area contributed by atoms with Gasteiger partial charge in [0.15, 0.2) is 11.6 Å². The number of carbonyl (C=O) groups excluding carboxylic acids is 1. The highest BCUT2D eigenvalue weighted by molar-refractivity contribution is 7.89. The molecule has 8 heteroatoms. The number of methoxy groups -OCH3 is 1. The lowest BCUT2D eigenvalue weighted by atomic mass is 10.1. The zero-order valence-electron chi connectivity index (χ0n) is 18.1. The molecule has 6 nitrogen and oxygen atoms in total. The number of benzene rings is 3. The predicted octanol–water partition coefficient (Wildman–Crippen LogP) is 3.89. The lowest BCUT2D eigenvalue weighted by Crippen LogP contribution is -2.28. The second kappa shape index (κ2) is 9.93. The summed E-state index contributed by atoms with van der Waals surface area (Å²) in [5.74, 6) is -0.752. The van der Waals surface area contributed by atoms with Gasteiger partial charge in [-0.2, -0.15) is 0 Å². The summed E-state index contributed by atoms with van der Waals surface area (Å²) in [5.41, 5.74) is 2.32. The Balaban J connectivity index is 1.78. The largest absolute Gasteiger partial charge is 0.494 e. The third-order valence-electron chi connectivity index (χ3n) is 5.04. The number of aryl methyl sites for hydroxylation is 1. The van der Waals surface area contributed by atoms with Gasteiger partial charge in [0.25, 0.3) is 5.91 Å².